The zero-order chi connectivity index (χ0) is 12.0. The first-order valence-electron chi connectivity index (χ1n) is 5.48. The van der Waals surface area contributed by atoms with Crippen molar-refractivity contribution in [3.8, 4) is 0 Å². The number of thiol groups is 1. The molecule has 0 bridgehead atoms. The number of hydrogen-bond acceptors (Lipinski definition) is 3. The number of likely N-dealkylation sites (N-methyl/N-ethyl adjacent to an activating group) is 1. The molecule has 92 valence electrons. The van der Waals surface area contributed by atoms with Gasteiger partial charge in [-0.3, -0.25) is 0 Å². The van der Waals surface area contributed by atoms with E-state index in [2.05, 4.69) is 6.08 Å². The molecule has 0 aromatic heterocycles. The number of rotatable bonds is 6. The highest BCUT2D eigenvalue weighted by Gasteiger charge is 2.10. The molecule has 0 N–H and O–H groups in total. The van der Waals surface area contributed by atoms with Gasteiger partial charge in [0.25, 0.3) is 0 Å². The summed E-state index contributed by atoms with van der Waals surface area (Å²) in [5.74, 6) is 0. The molecule has 5 heteroatoms. The molecule has 1 aliphatic carbocycles. The topological polar surface area (TPSA) is 40.6 Å². The summed E-state index contributed by atoms with van der Waals surface area (Å²) in [7, 11) is 1.41. The van der Waals surface area contributed by atoms with Gasteiger partial charge in [-0.05, 0) is 26.9 Å². The Kier molecular flexibility index (Phi) is 5.73. The van der Waals surface area contributed by atoms with Gasteiger partial charge in [0.15, 0.2) is 0 Å². The predicted molar refractivity (Wildman–Crippen MR) is 66.9 cm³/mol. The second-order valence-corrected chi connectivity index (χ2v) is 5.26. The standard InChI is InChI=1S/C11H20N2O2S/c1-12(2)8-9-13(16(14)15)10-11-6-4-3-5-7-11/h3-4,6,16H,5,7-10H2,1-2H3. The third-order valence-corrected chi connectivity index (χ3v) is 3.33. The van der Waals surface area contributed by atoms with Crippen LogP contribution in [0.2, 0.25) is 0 Å². The lowest BCUT2D eigenvalue weighted by Gasteiger charge is -2.20. The highest BCUT2D eigenvalue weighted by molar-refractivity contribution is 7.69. The van der Waals surface area contributed by atoms with Gasteiger partial charge in [-0.1, -0.05) is 23.8 Å². The Hall–Kier alpha value is -0.650. The molecule has 0 heterocycles. The molecular weight excluding hydrogens is 224 g/mol. The molecule has 0 aromatic rings. The molecule has 16 heavy (non-hydrogen) atoms. The van der Waals surface area contributed by atoms with E-state index in [1.54, 1.807) is 0 Å². The second-order valence-electron chi connectivity index (χ2n) is 4.22. The van der Waals surface area contributed by atoms with E-state index in [1.165, 1.54) is 9.88 Å². The van der Waals surface area contributed by atoms with E-state index in [9.17, 15) is 8.42 Å². The Balaban J connectivity index is 2.50. The van der Waals surface area contributed by atoms with Crippen molar-refractivity contribution >= 4 is 10.9 Å². The third-order valence-electron chi connectivity index (χ3n) is 2.52. The Morgan fingerprint density at radius 2 is 2.06 bits per heavy atom. The molecule has 0 spiro atoms. The van der Waals surface area contributed by atoms with Crippen molar-refractivity contribution in [1.29, 1.82) is 0 Å². The van der Waals surface area contributed by atoms with Crippen LogP contribution in [0.5, 0.6) is 0 Å². The van der Waals surface area contributed by atoms with Gasteiger partial charge in [0.05, 0.1) is 0 Å². The van der Waals surface area contributed by atoms with Gasteiger partial charge >= 0.3 is 0 Å². The van der Waals surface area contributed by atoms with Crippen molar-refractivity contribution in [2.75, 3.05) is 33.7 Å². The van der Waals surface area contributed by atoms with E-state index in [0.29, 0.717) is 13.1 Å². The summed E-state index contributed by atoms with van der Waals surface area (Å²) >= 11 is 0. The lowest BCUT2D eigenvalue weighted by atomic mass is 10.1. The van der Waals surface area contributed by atoms with Crippen molar-refractivity contribution in [2.24, 2.45) is 0 Å². The Morgan fingerprint density at radius 3 is 2.56 bits per heavy atom. The molecule has 0 radical (unpaired) electrons. The SMILES string of the molecule is CN(C)CCN(CC1=CC=CCC1)[SH](=O)=O. The molecule has 4 nitrogen and oxygen atoms in total. The highest BCUT2D eigenvalue weighted by Crippen LogP contribution is 2.13. The summed E-state index contributed by atoms with van der Waals surface area (Å²) in [6, 6.07) is 0. The summed E-state index contributed by atoms with van der Waals surface area (Å²) in [5, 5.41) is 0. The molecule has 0 aromatic carbocycles. The van der Waals surface area contributed by atoms with E-state index in [-0.39, 0.29) is 0 Å². The maximum Gasteiger partial charge on any atom is 0.204 e. The molecular formula is C11H20N2O2S. The van der Waals surface area contributed by atoms with E-state index >= 15 is 0 Å². The van der Waals surface area contributed by atoms with Crippen LogP contribution in [0, 0.1) is 0 Å². The lowest BCUT2D eigenvalue weighted by Crippen LogP contribution is -2.32. The minimum Gasteiger partial charge on any atom is -0.308 e. The fraction of sp³-hybridized carbons (Fsp3) is 0.636. The van der Waals surface area contributed by atoms with Crippen molar-refractivity contribution in [1.82, 2.24) is 9.21 Å². The van der Waals surface area contributed by atoms with Gasteiger partial charge in [-0.2, -0.15) is 4.31 Å². The second kappa shape index (κ2) is 6.83. The number of nitrogens with zero attached hydrogens (tertiary/aromatic N) is 2. The number of allylic oxidation sites excluding steroid dienone is 3. The van der Waals surface area contributed by atoms with Gasteiger partial charge in [0.1, 0.15) is 0 Å². The minimum atomic E-state index is -2.48. The molecule has 1 aliphatic rings. The minimum absolute atomic E-state index is 0.539. The van der Waals surface area contributed by atoms with Gasteiger partial charge in [-0.25, -0.2) is 8.42 Å². The monoisotopic (exact) mass is 244 g/mol. The van der Waals surface area contributed by atoms with E-state index < -0.39 is 10.9 Å². The number of hydrogen-bond donors (Lipinski definition) is 1. The van der Waals surface area contributed by atoms with E-state index in [4.69, 9.17) is 0 Å². The average Bonchev–Trinajstić information content (AvgIpc) is 2.25. The summed E-state index contributed by atoms with van der Waals surface area (Å²) in [6.45, 7) is 1.86. The smallest absolute Gasteiger partial charge is 0.204 e. The fourth-order valence-electron chi connectivity index (χ4n) is 1.55. The zero-order valence-electron chi connectivity index (χ0n) is 9.93. The van der Waals surface area contributed by atoms with Crippen LogP contribution in [0.15, 0.2) is 23.8 Å². The molecule has 1 rings (SSSR count). The van der Waals surface area contributed by atoms with Crippen molar-refractivity contribution in [3.63, 3.8) is 0 Å². The summed E-state index contributed by atoms with van der Waals surface area (Å²) in [5.41, 5.74) is 1.19. The summed E-state index contributed by atoms with van der Waals surface area (Å²) in [6.07, 6.45) is 8.11. The third kappa shape index (κ3) is 4.92. The molecule has 0 unspecified atom stereocenters. The predicted octanol–water partition coefficient (Wildman–Crippen LogP) is 0.653. The fourth-order valence-corrected chi connectivity index (χ4v) is 2.10. The van der Waals surface area contributed by atoms with E-state index in [1.807, 2.05) is 31.1 Å². The highest BCUT2D eigenvalue weighted by atomic mass is 32.2. The van der Waals surface area contributed by atoms with Crippen LogP contribution >= 0.6 is 0 Å². The summed E-state index contributed by atoms with van der Waals surface area (Å²) in [4.78, 5) is 1.99. The van der Waals surface area contributed by atoms with Crippen LogP contribution in [0.1, 0.15) is 12.8 Å². The van der Waals surface area contributed by atoms with Crippen molar-refractivity contribution in [2.45, 2.75) is 12.8 Å². The Labute approximate surface area is 99.3 Å². The largest absolute Gasteiger partial charge is 0.308 e. The first kappa shape index (κ1) is 13.4. The van der Waals surface area contributed by atoms with Crippen LogP contribution in [0.4, 0.5) is 0 Å². The molecule has 0 amide bonds. The molecule has 0 saturated heterocycles. The zero-order valence-corrected chi connectivity index (χ0v) is 10.8. The van der Waals surface area contributed by atoms with Crippen LogP contribution in [-0.2, 0) is 10.9 Å². The summed E-state index contributed by atoms with van der Waals surface area (Å²) < 4.78 is 23.7. The van der Waals surface area contributed by atoms with Crippen molar-refractivity contribution < 1.29 is 8.42 Å². The normalized spacial score (nSPS) is 16.2. The van der Waals surface area contributed by atoms with Gasteiger partial charge in [0.2, 0.25) is 10.9 Å². The van der Waals surface area contributed by atoms with Crippen molar-refractivity contribution in [3.05, 3.63) is 23.8 Å². The molecule has 0 saturated carbocycles. The van der Waals surface area contributed by atoms with Crippen LogP contribution in [0.3, 0.4) is 0 Å². The maximum atomic E-state index is 11.1. The molecule has 0 atom stereocenters. The van der Waals surface area contributed by atoms with Gasteiger partial charge in [0, 0.05) is 19.6 Å². The Morgan fingerprint density at radius 1 is 1.31 bits per heavy atom. The van der Waals surface area contributed by atoms with Gasteiger partial charge in [-0.15, -0.1) is 0 Å². The maximum absolute atomic E-state index is 11.1. The lowest BCUT2D eigenvalue weighted by molar-refractivity contribution is 0.347. The first-order chi connectivity index (χ1) is 7.59. The van der Waals surface area contributed by atoms with Crippen LogP contribution in [-0.4, -0.2) is 51.4 Å². The molecule has 0 aliphatic heterocycles. The quantitative estimate of drug-likeness (QED) is 0.698. The first-order valence-corrected chi connectivity index (χ1v) is 6.61. The van der Waals surface area contributed by atoms with Crippen LogP contribution in [0.25, 0.3) is 0 Å². The van der Waals surface area contributed by atoms with E-state index in [0.717, 1.165) is 19.4 Å². The average molecular weight is 244 g/mol. The molecule has 0 fully saturated rings. The van der Waals surface area contributed by atoms with Crippen LogP contribution < -0.4 is 0 Å². The van der Waals surface area contributed by atoms with Gasteiger partial charge < -0.3 is 4.90 Å². The Bertz CT molecular complexity index is 338.